The second kappa shape index (κ2) is 9.24. The van der Waals surface area contributed by atoms with Crippen molar-refractivity contribution in [1.82, 2.24) is 0 Å². The Balaban J connectivity index is 0.000000289. The zero-order chi connectivity index (χ0) is 19.9. The predicted octanol–water partition coefficient (Wildman–Crippen LogP) is 0.693. The van der Waals surface area contributed by atoms with E-state index in [0.717, 1.165) is 0 Å². The topological polar surface area (TPSA) is 133 Å². The van der Waals surface area contributed by atoms with E-state index in [1.165, 1.54) is 26.2 Å². The molecule has 0 atom stereocenters. The first kappa shape index (κ1) is 21.5. The number of ether oxygens (including phenoxy) is 1. The number of phenols is 1. The van der Waals surface area contributed by atoms with E-state index < -0.39 is 20.1 Å². The number of esters is 1. The maximum atomic E-state index is 11.2. The summed E-state index contributed by atoms with van der Waals surface area (Å²) < 4.78 is 33.7. The van der Waals surface area contributed by atoms with Gasteiger partial charge >= 0.3 is 101 Å². The quantitative estimate of drug-likeness (QED) is 0.323. The fourth-order valence-corrected chi connectivity index (χ4v) is 3.72. The summed E-state index contributed by atoms with van der Waals surface area (Å²) in [6, 6.07) is 11.5. The third-order valence-electron chi connectivity index (χ3n) is 3.05. The van der Waals surface area contributed by atoms with Crippen molar-refractivity contribution in [3.63, 3.8) is 0 Å². The van der Waals surface area contributed by atoms with Gasteiger partial charge in [0.2, 0.25) is 0 Å². The Morgan fingerprint density at radius 3 is 2.15 bits per heavy atom. The van der Waals surface area contributed by atoms with Gasteiger partial charge in [-0.1, -0.05) is 18.2 Å². The Hall–Kier alpha value is -2.54. The number of hydrogen-bond acceptors (Lipinski definition) is 5. The predicted molar refractivity (Wildman–Crippen MR) is 95.4 cm³/mol. The molecule has 0 radical (unpaired) electrons. The SMILES string of the molecule is CC(=O)Nc1c(O)cc(C)cc1[As](=O)(O)O.COC(=O)c1ccccc1. The fourth-order valence-electron chi connectivity index (χ4n) is 1.97. The molecule has 2 rings (SSSR count). The Kier molecular flexibility index (Phi) is 7.64. The summed E-state index contributed by atoms with van der Waals surface area (Å²) in [7, 11) is 1.37. The summed E-state index contributed by atoms with van der Waals surface area (Å²) in [5.41, 5.74) is 0.877. The monoisotopic (exact) mass is 425 g/mol. The molecule has 4 N–H and O–H groups in total. The molecule has 0 aliphatic rings. The standard InChI is InChI=1S/C9H12AsNO5.C8H8O2/c1-5-3-7(10(14,15)16)9(8(13)4-5)11-6(2)12;1-10-8(9)7-5-3-2-4-6-7/h3-4,13H,1-2H3,(H,11,12)(H2,14,15,16);2-6H,1H3. The molecule has 0 fully saturated rings. The number of benzene rings is 2. The van der Waals surface area contributed by atoms with Crippen LogP contribution >= 0.6 is 0 Å². The van der Waals surface area contributed by atoms with Gasteiger partial charge in [-0.3, -0.25) is 0 Å². The van der Waals surface area contributed by atoms with Crippen LogP contribution in [0.5, 0.6) is 5.75 Å². The van der Waals surface area contributed by atoms with Crippen LogP contribution < -0.4 is 9.67 Å². The number of anilines is 1. The molecular formula is C17H20AsNO7. The van der Waals surface area contributed by atoms with E-state index in [1.54, 1.807) is 31.2 Å². The van der Waals surface area contributed by atoms with Gasteiger partial charge in [0, 0.05) is 0 Å². The van der Waals surface area contributed by atoms with Crippen LogP contribution in [0.4, 0.5) is 5.69 Å². The summed E-state index contributed by atoms with van der Waals surface area (Å²) in [5.74, 6) is -1.15. The van der Waals surface area contributed by atoms with Crippen LogP contribution in [0.25, 0.3) is 0 Å². The minimum Gasteiger partial charge on any atom is -0.465 e. The third-order valence-corrected chi connectivity index (χ3v) is 5.11. The van der Waals surface area contributed by atoms with Crippen molar-refractivity contribution in [1.29, 1.82) is 0 Å². The fraction of sp³-hybridized carbons (Fsp3) is 0.176. The van der Waals surface area contributed by atoms with Gasteiger partial charge in [-0.05, 0) is 12.1 Å². The zero-order valence-electron chi connectivity index (χ0n) is 14.5. The summed E-state index contributed by atoms with van der Waals surface area (Å²) in [6.07, 6.45) is 0. The van der Waals surface area contributed by atoms with Crippen molar-refractivity contribution in [2.24, 2.45) is 0 Å². The van der Waals surface area contributed by atoms with Crippen LogP contribution in [0.15, 0.2) is 42.5 Å². The van der Waals surface area contributed by atoms with Gasteiger partial charge < -0.3 is 4.74 Å². The van der Waals surface area contributed by atoms with Gasteiger partial charge in [-0.25, -0.2) is 4.79 Å². The largest absolute Gasteiger partial charge is 0.465 e. The van der Waals surface area contributed by atoms with Crippen molar-refractivity contribution in [2.75, 3.05) is 12.4 Å². The zero-order valence-corrected chi connectivity index (χ0v) is 16.3. The number of amides is 1. The Morgan fingerprint density at radius 1 is 1.12 bits per heavy atom. The molecule has 8 nitrogen and oxygen atoms in total. The molecule has 0 spiro atoms. The summed E-state index contributed by atoms with van der Waals surface area (Å²) in [6.45, 7) is 2.78. The molecule has 26 heavy (non-hydrogen) atoms. The molecule has 0 heterocycles. The number of nitrogens with one attached hydrogen (secondary N) is 1. The maximum absolute atomic E-state index is 11.2. The molecule has 0 bridgehead atoms. The van der Waals surface area contributed by atoms with Crippen LogP contribution in [0, 0.1) is 6.92 Å². The minimum absolute atomic E-state index is 0.217. The second-order valence-electron chi connectivity index (χ2n) is 5.26. The van der Waals surface area contributed by atoms with E-state index in [2.05, 4.69) is 10.1 Å². The van der Waals surface area contributed by atoms with E-state index >= 15 is 0 Å². The van der Waals surface area contributed by atoms with Crippen LogP contribution in [-0.4, -0.2) is 46.5 Å². The van der Waals surface area contributed by atoms with Crippen molar-refractivity contribution < 1.29 is 31.4 Å². The van der Waals surface area contributed by atoms with Crippen molar-refractivity contribution >= 4 is 36.1 Å². The second-order valence-corrected chi connectivity index (χ2v) is 8.55. The number of aryl methyl sites for hydroxylation is 1. The average Bonchev–Trinajstić information content (AvgIpc) is 2.56. The van der Waals surface area contributed by atoms with Gasteiger partial charge in [0.05, 0.1) is 12.7 Å². The van der Waals surface area contributed by atoms with E-state index in [1.807, 2.05) is 6.07 Å². The smallest absolute Gasteiger partial charge is 0.337 e. The average molecular weight is 425 g/mol. The van der Waals surface area contributed by atoms with Crippen LogP contribution in [0.1, 0.15) is 22.8 Å². The first-order valence-corrected chi connectivity index (χ1v) is 10.7. The first-order chi connectivity index (χ1) is 12.1. The first-order valence-electron chi connectivity index (χ1n) is 7.37. The molecule has 2 aromatic rings. The van der Waals surface area contributed by atoms with Crippen molar-refractivity contribution in [3.8, 4) is 5.75 Å². The molecule has 0 unspecified atom stereocenters. The molecule has 0 saturated heterocycles. The Labute approximate surface area is 153 Å². The summed E-state index contributed by atoms with van der Waals surface area (Å²) >= 11 is -5.18. The number of hydrogen-bond donors (Lipinski definition) is 4. The normalized spacial score (nSPS) is 10.3. The number of aromatic hydroxyl groups is 1. The van der Waals surface area contributed by atoms with Crippen LogP contribution in [0.2, 0.25) is 0 Å². The molecule has 0 saturated carbocycles. The third kappa shape index (κ3) is 6.40. The molecule has 140 valence electrons. The van der Waals surface area contributed by atoms with E-state index in [0.29, 0.717) is 11.1 Å². The van der Waals surface area contributed by atoms with Gasteiger partial charge in [0.1, 0.15) is 0 Å². The number of carbonyl (C=O) groups excluding carboxylic acids is 2. The van der Waals surface area contributed by atoms with Gasteiger partial charge in [0.25, 0.3) is 0 Å². The van der Waals surface area contributed by atoms with E-state index in [9.17, 15) is 18.4 Å². The molecule has 2 aromatic carbocycles. The van der Waals surface area contributed by atoms with Gasteiger partial charge in [-0.2, -0.15) is 0 Å². The summed E-state index contributed by atoms with van der Waals surface area (Å²) in [4.78, 5) is 21.7. The molecule has 9 heteroatoms. The number of rotatable bonds is 3. The Bertz CT molecular complexity index is 831. The van der Waals surface area contributed by atoms with E-state index in [-0.39, 0.29) is 21.8 Å². The van der Waals surface area contributed by atoms with Crippen molar-refractivity contribution in [2.45, 2.75) is 13.8 Å². The molecule has 0 aliphatic heterocycles. The van der Waals surface area contributed by atoms with Crippen LogP contribution in [0.3, 0.4) is 0 Å². The van der Waals surface area contributed by atoms with Gasteiger partial charge in [0.15, 0.2) is 0 Å². The molecule has 1 amide bonds. The van der Waals surface area contributed by atoms with Gasteiger partial charge in [-0.15, -0.1) is 0 Å². The maximum Gasteiger partial charge on any atom is 0.337 e. The molecule has 0 aromatic heterocycles. The van der Waals surface area contributed by atoms with E-state index in [4.69, 9.17) is 8.19 Å². The molecular weight excluding hydrogens is 405 g/mol. The number of carbonyl (C=O) groups is 2. The van der Waals surface area contributed by atoms with Crippen molar-refractivity contribution in [3.05, 3.63) is 53.6 Å². The van der Waals surface area contributed by atoms with Crippen LogP contribution in [-0.2, 0) is 13.3 Å². The summed E-state index contributed by atoms with van der Waals surface area (Å²) in [5, 5.41) is 11.7. The Morgan fingerprint density at radius 2 is 1.69 bits per heavy atom. The minimum atomic E-state index is -5.18. The number of phenolic OH excluding ortho intramolecular Hbond substituents is 1. The number of methoxy groups -OCH3 is 1. The molecule has 0 aliphatic carbocycles.